The van der Waals surface area contributed by atoms with Crippen LogP contribution in [-0.4, -0.2) is 24.0 Å². The molecular formula is C29H23N3O4. The average molecular weight is 478 g/mol. The molecule has 0 aromatic heterocycles. The van der Waals surface area contributed by atoms with E-state index in [1.54, 1.807) is 84.9 Å². The van der Waals surface area contributed by atoms with Crippen molar-refractivity contribution in [3.8, 4) is 5.75 Å². The van der Waals surface area contributed by atoms with Gasteiger partial charge < -0.3 is 10.1 Å². The van der Waals surface area contributed by atoms with E-state index in [-0.39, 0.29) is 5.91 Å². The van der Waals surface area contributed by atoms with Crippen LogP contribution in [0.3, 0.4) is 0 Å². The number of anilines is 1. The van der Waals surface area contributed by atoms with E-state index < -0.39 is 11.9 Å². The Morgan fingerprint density at radius 3 is 2.17 bits per heavy atom. The molecule has 0 atom stereocenters. The third kappa shape index (κ3) is 6.30. The standard InChI is InChI=1S/C29H23N3O4/c1-20-9-7-13-22(17-20)27(33)31-25-15-8-14-23(18-25)28(34)32-30-19-24-12-5-6-16-26(24)36-29(35)21-10-3-2-4-11-21/h2-19H,1H3,(H,31,33)(H,32,34). The van der Waals surface area contributed by atoms with Gasteiger partial charge in [-0.05, 0) is 61.5 Å². The van der Waals surface area contributed by atoms with Crippen molar-refractivity contribution in [2.75, 3.05) is 5.32 Å². The van der Waals surface area contributed by atoms with E-state index in [1.165, 1.54) is 6.21 Å². The van der Waals surface area contributed by atoms with Crippen molar-refractivity contribution in [1.29, 1.82) is 0 Å². The molecule has 0 saturated carbocycles. The van der Waals surface area contributed by atoms with Crippen molar-refractivity contribution >= 4 is 29.7 Å². The Labute approximate surface area is 208 Å². The lowest BCUT2D eigenvalue weighted by Crippen LogP contribution is -2.18. The lowest BCUT2D eigenvalue weighted by Gasteiger charge is -2.08. The first-order valence-electron chi connectivity index (χ1n) is 11.2. The number of para-hydroxylation sites is 1. The number of ether oxygens (including phenoxy) is 1. The summed E-state index contributed by atoms with van der Waals surface area (Å²) in [6, 6.07) is 29.3. The van der Waals surface area contributed by atoms with Crippen molar-refractivity contribution in [3.63, 3.8) is 0 Å². The molecular weight excluding hydrogens is 454 g/mol. The maximum atomic E-state index is 12.6. The van der Waals surface area contributed by atoms with Crippen LogP contribution in [0.5, 0.6) is 5.75 Å². The molecule has 0 saturated heterocycles. The van der Waals surface area contributed by atoms with E-state index in [4.69, 9.17) is 4.74 Å². The summed E-state index contributed by atoms with van der Waals surface area (Å²) >= 11 is 0. The number of benzene rings is 4. The third-order valence-corrected chi connectivity index (χ3v) is 5.16. The van der Waals surface area contributed by atoms with E-state index in [0.29, 0.717) is 33.7 Å². The van der Waals surface area contributed by atoms with Gasteiger partial charge in [-0.1, -0.05) is 54.1 Å². The number of hydrogen-bond donors (Lipinski definition) is 2. The Bertz CT molecular complexity index is 1430. The van der Waals surface area contributed by atoms with Crippen LogP contribution in [0.25, 0.3) is 0 Å². The molecule has 0 unspecified atom stereocenters. The fourth-order valence-corrected chi connectivity index (χ4v) is 3.37. The van der Waals surface area contributed by atoms with Gasteiger partial charge in [0.1, 0.15) is 5.75 Å². The molecule has 4 aromatic rings. The minimum atomic E-state index is -0.495. The third-order valence-electron chi connectivity index (χ3n) is 5.16. The van der Waals surface area contributed by atoms with Gasteiger partial charge in [-0.3, -0.25) is 9.59 Å². The maximum Gasteiger partial charge on any atom is 0.343 e. The molecule has 0 radical (unpaired) electrons. The van der Waals surface area contributed by atoms with Crippen molar-refractivity contribution in [2.45, 2.75) is 6.92 Å². The van der Waals surface area contributed by atoms with Crippen LogP contribution in [0, 0.1) is 6.92 Å². The monoisotopic (exact) mass is 477 g/mol. The number of aryl methyl sites for hydroxylation is 1. The zero-order chi connectivity index (χ0) is 25.3. The van der Waals surface area contributed by atoms with E-state index in [1.807, 2.05) is 25.1 Å². The number of hydrazone groups is 1. The lowest BCUT2D eigenvalue weighted by atomic mass is 10.1. The SMILES string of the molecule is Cc1cccc(C(=O)Nc2cccc(C(=O)NN=Cc3ccccc3OC(=O)c3ccccc3)c2)c1. The van der Waals surface area contributed by atoms with Gasteiger partial charge in [-0.25, -0.2) is 10.2 Å². The summed E-state index contributed by atoms with van der Waals surface area (Å²) in [5.74, 6) is -0.914. The first kappa shape index (κ1) is 24.1. The van der Waals surface area contributed by atoms with Gasteiger partial charge in [0.2, 0.25) is 0 Å². The molecule has 0 fully saturated rings. The minimum Gasteiger partial charge on any atom is -0.422 e. The Morgan fingerprint density at radius 1 is 0.722 bits per heavy atom. The molecule has 0 heterocycles. The molecule has 4 rings (SSSR count). The summed E-state index contributed by atoms with van der Waals surface area (Å²) in [6.07, 6.45) is 1.40. The van der Waals surface area contributed by atoms with Gasteiger partial charge in [-0.15, -0.1) is 0 Å². The van der Waals surface area contributed by atoms with Crippen molar-refractivity contribution in [1.82, 2.24) is 5.43 Å². The Hall–Kier alpha value is -5.04. The number of nitrogens with one attached hydrogen (secondary N) is 2. The van der Waals surface area contributed by atoms with Crippen molar-refractivity contribution < 1.29 is 19.1 Å². The molecule has 7 heteroatoms. The number of esters is 1. The van der Waals surface area contributed by atoms with Gasteiger partial charge in [-0.2, -0.15) is 5.10 Å². The molecule has 7 nitrogen and oxygen atoms in total. The predicted molar refractivity (Wildman–Crippen MR) is 138 cm³/mol. The number of rotatable bonds is 7. The highest BCUT2D eigenvalue weighted by Crippen LogP contribution is 2.18. The van der Waals surface area contributed by atoms with Gasteiger partial charge in [0.05, 0.1) is 11.8 Å². The molecule has 4 aromatic carbocycles. The highest BCUT2D eigenvalue weighted by Gasteiger charge is 2.11. The molecule has 36 heavy (non-hydrogen) atoms. The molecule has 0 aliphatic carbocycles. The summed E-state index contributed by atoms with van der Waals surface area (Å²) in [7, 11) is 0. The number of carbonyl (C=O) groups is 3. The van der Waals surface area contributed by atoms with Crippen LogP contribution in [-0.2, 0) is 0 Å². The van der Waals surface area contributed by atoms with Crippen molar-refractivity contribution in [3.05, 3.63) is 131 Å². The summed E-state index contributed by atoms with van der Waals surface area (Å²) in [5.41, 5.74) is 5.70. The lowest BCUT2D eigenvalue weighted by molar-refractivity contribution is 0.0734. The van der Waals surface area contributed by atoms with Crippen LogP contribution < -0.4 is 15.5 Å². The minimum absolute atomic E-state index is 0.268. The normalized spacial score (nSPS) is 10.6. The molecule has 0 aliphatic heterocycles. The zero-order valence-electron chi connectivity index (χ0n) is 19.5. The van der Waals surface area contributed by atoms with Crippen LogP contribution in [0.4, 0.5) is 5.69 Å². The van der Waals surface area contributed by atoms with Crippen LogP contribution in [0.2, 0.25) is 0 Å². The highest BCUT2D eigenvalue weighted by molar-refractivity contribution is 6.05. The first-order valence-corrected chi connectivity index (χ1v) is 11.2. The smallest absolute Gasteiger partial charge is 0.343 e. The summed E-state index contributed by atoms with van der Waals surface area (Å²) in [4.78, 5) is 37.5. The number of carbonyl (C=O) groups excluding carboxylic acids is 3. The van der Waals surface area contributed by atoms with E-state index in [9.17, 15) is 14.4 Å². The maximum absolute atomic E-state index is 12.6. The number of nitrogens with zero attached hydrogens (tertiary/aromatic N) is 1. The second-order valence-electron chi connectivity index (χ2n) is 7.90. The van der Waals surface area contributed by atoms with E-state index in [0.717, 1.165) is 5.56 Å². The summed E-state index contributed by atoms with van der Waals surface area (Å²) < 4.78 is 5.49. The quantitative estimate of drug-likeness (QED) is 0.165. The van der Waals surface area contributed by atoms with Crippen LogP contribution in [0.1, 0.15) is 42.2 Å². The summed E-state index contributed by atoms with van der Waals surface area (Å²) in [5, 5.41) is 6.80. The van der Waals surface area contributed by atoms with Gasteiger partial charge in [0.25, 0.3) is 11.8 Å². The Morgan fingerprint density at radius 2 is 1.39 bits per heavy atom. The van der Waals surface area contributed by atoms with E-state index >= 15 is 0 Å². The number of amides is 2. The van der Waals surface area contributed by atoms with Gasteiger partial charge in [0.15, 0.2) is 0 Å². The second kappa shape index (κ2) is 11.4. The van der Waals surface area contributed by atoms with Crippen molar-refractivity contribution in [2.24, 2.45) is 5.10 Å². The highest BCUT2D eigenvalue weighted by atomic mass is 16.5. The molecule has 0 spiro atoms. The molecule has 2 amide bonds. The molecule has 0 aliphatic rings. The number of hydrogen-bond acceptors (Lipinski definition) is 5. The Balaban J connectivity index is 1.40. The molecule has 0 bridgehead atoms. The molecule has 178 valence electrons. The Kier molecular flexibility index (Phi) is 7.63. The summed E-state index contributed by atoms with van der Waals surface area (Å²) in [6.45, 7) is 1.91. The average Bonchev–Trinajstić information content (AvgIpc) is 2.90. The van der Waals surface area contributed by atoms with Gasteiger partial charge in [0, 0.05) is 22.4 Å². The fourth-order valence-electron chi connectivity index (χ4n) is 3.37. The predicted octanol–water partition coefficient (Wildman–Crippen LogP) is 5.23. The second-order valence-corrected chi connectivity index (χ2v) is 7.90. The largest absolute Gasteiger partial charge is 0.422 e. The van der Waals surface area contributed by atoms with Gasteiger partial charge >= 0.3 is 5.97 Å². The molecule has 2 N–H and O–H groups in total. The zero-order valence-corrected chi connectivity index (χ0v) is 19.5. The first-order chi connectivity index (χ1) is 17.5. The van der Waals surface area contributed by atoms with Crippen LogP contribution >= 0.6 is 0 Å². The van der Waals surface area contributed by atoms with Crippen LogP contribution in [0.15, 0.2) is 108 Å². The van der Waals surface area contributed by atoms with E-state index in [2.05, 4.69) is 15.8 Å². The topological polar surface area (TPSA) is 96.9 Å². The fraction of sp³-hybridized carbons (Fsp3) is 0.0345.